The summed E-state index contributed by atoms with van der Waals surface area (Å²) in [5, 5.41) is 2.50. The molecular weight excluding hydrogens is 416 g/mol. The number of carbonyl (C=O) groups excluding carboxylic acids is 4. The van der Waals surface area contributed by atoms with Crippen LogP contribution in [-0.2, 0) is 30.2 Å². The molecule has 1 aliphatic heterocycles. The van der Waals surface area contributed by atoms with Crippen LogP contribution >= 0.6 is 0 Å². The third-order valence-corrected chi connectivity index (χ3v) is 4.53. The maximum absolute atomic E-state index is 13.3. The summed E-state index contributed by atoms with van der Waals surface area (Å²) < 4.78 is 15.3. The van der Waals surface area contributed by atoms with Crippen molar-refractivity contribution in [3.63, 3.8) is 0 Å². The lowest BCUT2D eigenvalue weighted by atomic mass is 10.0. The number of nitrogens with zero attached hydrogens (tertiary/aromatic N) is 1. The predicted octanol–water partition coefficient (Wildman–Crippen LogP) is 2.84. The Balaban J connectivity index is 2.14. The fraction of sp³-hybridized carbons (Fsp3) is 0.478. The molecule has 2 atom stereocenters. The lowest BCUT2D eigenvalue weighted by Crippen LogP contribution is -2.47. The van der Waals surface area contributed by atoms with E-state index in [1.165, 1.54) is 6.08 Å². The Morgan fingerprint density at radius 1 is 1.28 bits per heavy atom. The van der Waals surface area contributed by atoms with E-state index in [2.05, 4.69) is 11.9 Å². The standard InChI is InChI=1S/C23H30N2O7/c1-5-11-30-19(26)13-17(14-24-21(28)32-23(2,3)4)20(27)25-18(15-31-22(25)29)12-16-9-7-6-8-10-16/h5-10,17-18H,1,11-15H2,2-4H3,(H,24,28)/t17-,18+/m0/s1. The summed E-state index contributed by atoms with van der Waals surface area (Å²) in [6, 6.07) is 8.85. The van der Waals surface area contributed by atoms with E-state index >= 15 is 0 Å². The lowest BCUT2D eigenvalue weighted by molar-refractivity contribution is -0.147. The van der Waals surface area contributed by atoms with E-state index in [1.807, 2.05) is 30.3 Å². The second kappa shape index (κ2) is 11.3. The van der Waals surface area contributed by atoms with Gasteiger partial charge in [-0.15, -0.1) is 0 Å². The molecule has 0 aliphatic carbocycles. The van der Waals surface area contributed by atoms with Gasteiger partial charge < -0.3 is 19.5 Å². The topological polar surface area (TPSA) is 111 Å². The van der Waals surface area contributed by atoms with Crippen LogP contribution < -0.4 is 5.32 Å². The molecule has 0 radical (unpaired) electrons. The van der Waals surface area contributed by atoms with Crippen LogP contribution in [-0.4, -0.2) is 60.4 Å². The summed E-state index contributed by atoms with van der Waals surface area (Å²) in [6.07, 6.45) is -0.0331. The maximum Gasteiger partial charge on any atom is 0.416 e. The number of nitrogens with one attached hydrogen (secondary N) is 1. The molecule has 0 aromatic heterocycles. The molecule has 0 spiro atoms. The lowest BCUT2D eigenvalue weighted by Gasteiger charge is -2.25. The number of alkyl carbamates (subject to hydrolysis) is 1. The molecule has 174 valence electrons. The van der Waals surface area contributed by atoms with Gasteiger partial charge in [-0.05, 0) is 32.8 Å². The molecule has 9 nitrogen and oxygen atoms in total. The van der Waals surface area contributed by atoms with Crippen LogP contribution in [0.5, 0.6) is 0 Å². The first-order chi connectivity index (χ1) is 15.1. The van der Waals surface area contributed by atoms with Crippen LogP contribution in [0, 0.1) is 5.92 Å². The number of amides is 3. The van der Waals surface area contributed by atoms with Crippen molar-refractivity contribution >= 4 is 24.1 Å². The van der Waals surface area contributed by atoms with Crippen molar-refractivity contribution in [3.05, 3.63) is 48.6 Å². The Kier molecular flexibility index (Phi) is 8.80. The SMILES string of the molecule is C=CCOC(=O)C[C@@H](CNC(=O)OC(C)(C)C)C(=O)N1C(=O)OC[C@H]1Cc1ccccc1. The number of hydrogen-bond acceptors (Lipinski definition) is 7. The van der Waals surface area contributed by atoms with E-state index in [0.29, 0.717) is 6.42 Å². The zero-order valence-electron chi connectivity index (χ0n) is 18.7. The molecule has 1 aromatic rings. The first kappa shape index (κ1) is 24.9. The first-order valence-corrected chi connectivity index (χ1v) is 10.4. The molecule has 3 amide bonds. The van der Waals surface area contributed by atoms with Gasteiger partial charge in [-0.2, -0.15) is 0 Å². The third-order valence-electron chi connectivity index (χ3n) is 4.53. The first-order valence-electron chi connectivity index (χ1n) is 10.4. The van der Waals surface area contributed by atoms with Crippen LogP contribution in [0.3, 0.4) is 0 Å². The van der Waals surface area contributed by atoms with Crippen LogP contribution in [0.25, 0.3) is 0 Å². The molecule has 0 unspecified atom stereocenters. The van der Waals surface area contributed by atoms with Crippen LogP contribution in [0.4, 0.5) is 9.59 Å². The van der Waals surface area contributed by atoms with Gasteiger partial charge in [0.05, 0.1) is 18.4 Å². The summed E-state index contributed by atoms with van der Waals surface area (Å²) in [7, 11) is 0. The Morgan fingerprint density at radius 3 is 2.59 bits per heavy atom. The van der Waals surface area contributed by atoms with Gasteiger partial charge in [-0.1, -0.05) is 43.0 Å². The average Bonchev–Trinajstić information content (AvgIpc) is 3.08. The minimum Gasteiger partial charge on any atom is -0.461 e. The van der Waals surface area contributed by atoms with Crippen molar-refractivity contribution in [2.24, 2.45) is 5.92 Å². The van der Waals surface area contributed by atoms with Gasteiger partial charge in [0.1, 0.15) is 18.8 Å². The minimum atomic E-state index is -1.04. The summed E-state index contributed by atoms with van der Waals surface area (Å²) in [5.41, 5.74) is 0.203. The molecule has 1 N–H and O–H groups in total. The average molecular weight is 447 g/mol. The van der Waals surface area contributed by atoms with Crippen molar-refractivity contribution in [1.82, 2.24) is 10.2 Å². The van der Waals surface area contributed by atoms with Crippen LogP contribution in [0.15, 0.2) is 43.0 Å². The second-order valence-corrected chi connectivity index (χ2v) is 8.38. The Hall–Kier alpha value is -3.36. The highest BCUT2D eigenvalue weighted by Crippen LogP contribution is 2.21. The van der Waals surface area contributed by atoms with E-state index in [1.54, 1.807) is 20.8 Å². The number of esters is 1. The number of benzene rings is 1. The number of rotatable bonds is 9. The summed E-state index contributed by atoms with van der Waals surface area (Å²) in [5.74, 6) is -2.31. The van der Waals surface area contributed by atoms with Gasteiger partial charge >= 0.3 is 18.2 Å². The molecular formula is C23H30N2O7. The van der Waals surface area contributed by atoms with Gasteiger partial charge in [0.2, 0.25) is 5.91 Å². The Morgan fingerprint density at radius 2 is 1.97 bits per heavy atom. The summed E-state index contributed by atoms with van der Waals surface area (Å²) in [4.78, 5) is 50.9. The fourth-order valence-electron chi connectivity index (χ4n) is 3.14. The van der Waals surface area contributed by atoms with Gasteiger partial charge in [-0.25, -0.2) is 14.5 Å². The second-order valence-electron chi connectivity index (χ2n) is 8.38. The Bertz CT molecular complexity index is 832. The van der Waals surface area contributed by atoms with Gasteiger partial charge in [0, 0.05) is 6.54 Å². The summed E-state index contributed by atoms with van der Waals surface area (Å²) in [6.45, 7) is 8.42. The molecule has 0 bridgehead atoms. The van der Waals surface area contributed by atoms with E-state index in [9.17, 15) is 19.2 Å². The molecule has 1 saturated heterocycles. The number of imide groups is 1. The quantitative estimate of drug-likeness (QED) is 0.353. The monoisotopic (exact) mass is 446 g/mol. The zero-order chi connectivity index (χ0) is 23.7. The number of hydrogen-bond donors (Lipinski definition) is 1. The zero-order valence-corrected chi connectivity index (χ0v) is 18.7. The molecule has 2 rings (SSSR count). The van der Waals surface area contributed by atoms with Crippen molar-refractivity contribution in [2.75, 3.05) is 19.8 Å². The number of ether oxygens (including phenoxy) is 3. The maximum atomic E-state index is 13.3. The molecule has 0 saturated carbocycles. The molecule has 9 heteroatoms. The van der Waals surface area contributed by atoms with Crippen LogP contribution in [0.2, 0.25) is 0 Å². The molecule has 1 aromatic carbocycles. The van der Waals surface area contributed by atoms with E-state index < -0.39 is 41.6 Å². The highest BCUT2D eigenvalue weighted by atomic mass is 16.6. The molecule has 1 heterocycles. The molecule has 1 aliphatic rings. The normalized spacial score (nSPS) is 16.7. The number of carbonyl (C=O) groups is 4. The van der Waals surface area contributed by atoms with Crippen molar-refractivity contribution < 1.29 is 33.4 Å². The van der Waals surface area contributed by atoms with Gasteiger partial charge in [0.25, 0.3) is 0 Å². The van der Waals surface area contributed by atoms with Crippen molar-refractivity contribution in [3.8, 4) is 0 Å². The predicted molar refractivity (Wildman–Crippen MR) is 116 cm³/mol. The van der Waals surface area contributed by atoms with Crippen molar-refractivity contribution in [2.45, 2.75) is 45.3 Å². The third kappa shape index (κ3) is 7.72. The minimum absolute atomic E-state index is 0.0123. The highest BCUT2D eigenvalue weighted by molar-refractivity contribution is 5.96. The van der Waals surface area contributed by atoms with E-state index in [0.717, 1.165) is 10.5 Å². The van der Waals surface area contributed by atoms with Crippen LogP contribution in [0.1, 0.15) is 32.8 Å². The van der Waals surface area contributed by atoms with Crippen molar-refractivity contribution in [1.29, 1.82) is 0 Å². The highest BCUT2D eigenvalue weighted by Gasteiger charge is 2.41. The van der Waals surface area contributed by atoms with E-state index in [4.69, 9.17) is 14.2 Å². The van der Waals surface area contributed by atoms with E-state index in [-0.39, 0.29) is 26.2 Å². The van der Waals surface area contributed by atoms with Gasteiger partial charge in [-0.3, -0.25) is 9.59 Å². The Labute approximate surface area is 187 Å². The largest absolute Gasteiger partial charge is 0.461 e. The molecule has 1 fully saturated rings. The molecule has 32 heavy (non-hydrogen) atoms. The summed E-state index contributed by atoms with van der Waals surface area (Å²) >= 11 is 0. The number of cyclic esters (lactones) is 1. The smallest absolute Gasteiger partial charge is 0.416 e. The van der Waals surface area contributed by atoms with Gasteiger partial charge in [0.15, 0.2) is 0 Å². The fourth-order valence-corrected chi connectivity index (χ4v) is 3.14.